The summed E-state index contributed by atoms with van der Waals surface area (Å²) in [5, 5.41) is 8.13. The van der Waals surface area contributed by atoms with Crippen LogP contribution in [0.2, 0.25) is 0 Å². The molecule has 0 unspecified atom stereocenters. The maximum Gasteiger partial charge on any atom is 0.159 e. The van der Waals surface area contributed by atoms with Gasteiger partial charge in [0.2, 0.25) is 0 Å². The number of ether oxygens (including phenoxy) is 1. The second-order valence-electron chi connectivity index (χ2n) is 3.88. The van der Waals surface area contributed by atoms with Crippen molar-refractivity contribution in [2.24, 2.45) is 11.7 Å². The van der Waals surface area contributed by atoms with Gasteiger partial charge in [-0.2, -0.15) is 0 Å². The summed E-state index contributed by atoms with van der Waals surface area (Å²) in [6.45, 7) is 8.79. The number of hydrogen-bond acceptors (Lipinski definition) is 4. The number of rotatable bonds is 6. The zero-order valence-corrected chi connectivity index (χ0v) is 9.73. The molecule has 0 spiro atoms. The molecule has 1 aromatic heterocycles. The first-order valence-electron chi connectivity index (χ1n) is 5.37. The fraction of sp³-hybridized carbons (Fsp3) is 0.800. The third kappa shape index (κ3) is 3.28. The summed E-state index contributed by atoms with van der Waals surface area (Å²) >= 11 is 0. The summed E-state index contributed by atoms with van der Waals surface area (Å²) in [7, 11) is 0. The summed E-state index contributed by atoms with van der Waals surface area (Å²) in [5.41, 5.74) is 5.60. The minimum Gasteiger partial charge on any atom is -0.374 e. The summed E-state index contributed by atoms with van der Waals surface area (Å²) < 4.78 is 7.39. The van der Waals surface area contributed by atoms with Crippen molar-refractivity contribution in [1.82, 2.24) is 14.8 Å². The molecule has 0 bridgehead atoms. The fourth-order valence-corrected chi connectivity index (χ4v) is 1.40. The summed E-state index contributed by atoms with van der Waals surface area (Å²) in [6.07, 6.45) is 0. The Balaban J connectivity index is 2.80. The van der Waals surface area contributed by atoms with Crippen LogP contribution in [0.4, 0.5) is 0 Å². The fourth-order valence-electron chi connectivity index (χ4n) is 1.40. The van der Waals surface area contributed by atoms with Gasteiger partial charge in [0, 0.05) is 13.2 Å². The van der Waals surface area contributed by atoms with Gasteiger partial charge >= 0.3 is 0 Å². The highest BCUT2D eigenvalue weighted by molar-refractivity contribution is 4.94. The summed E-state index contributed by atoms with van der Waals surface area (Å²) in [6, 6.07) is 0. The lowest BCUT2D eigenvalue weighted by Gasteiger charge is -2.11. The monoisotopic (exact) mass is 212 g/mol. The molecule has 0 radical (unpaired) electrons. The van der Waals surface area contributed by atoms with Crippen molar-refractivity contribution in [1.29, 1.82) is 0 Å². The van der Waals surface area contributed by atoms with Crippen molar-refractivity contribution >= 4 is 0 Å². The van der Waals surface area contributed by atoms with E-state index in [1.54, 1.807) is 0 Å². The first-order chi connectivity index (χ1) is 7.19. The molecule has 86 valence electrons. The molecule has 0 fully saturated rings. The normalized spacial score (nSPS) is 11.3. The van der Waals surface area contributed by atoms with Crippen LogP contribution >= 0.6 is 0 Å². The Morgan fingerprint density at radius 1 is 1.33 bits per heavy atom. The van der Waals surface area contributed by atoms with Crippen LogP contribution in [0.25, 0.3) is 0 Å². The first-order valence-corrected chi connectivity index (χ1v) is 5.37. The predicted octanol–water partition coefficient (Wildman–Crippen LogP) is 0.929. The zero-order valence-electron chi connectivity index (χ0n) is 9.73. The molecule has 0 atom stereocenters. The van der Waals surface area contributed by atoms with Crippen LogP contribution < -0.4 is 5.73 Å². The molecular weight excluding hydrogens is 192 g/mol. The van der Waals surface area contributed by atoms with E-state index >= 15 is 0 Å². The van der Waals surface area contributed by atoms with Crippen molar-refractivity contribution in [2.75, 3.05) is 6.61 Å². The predicted molar refractivity (Wildman–Crippen MR) is 58.1 cm³/mol. The smallest absolute Gasteiger partial charge is 0.159 e. The van der Waals surface area contributed by atoms with E-state index in [0.29, 0.717) is 25.7 Å². The number of nitrogens with zero attached hydrogens (tertiary/aromatic N) is 3. The Morgan fingerprint density at radius 2 is 2.00 bits per heavy atom. The molecule has 0 amide bonds. The van der Waals surface area contributed by atoms with E-state index in [9.17, 15) is 0 Å². The molecule has 15 heavy (non-hydrogen) atoms. The largest absolute Gasteiger partial charge is 0.374 e. The van der Waals surface area contributed by atoms with Gasteiger partial charge in [0.05, 0.1) is 6.54 Å². The van der Waals surface area contributed by atoms with E-state index in [1.807, 2.05) is 6.92 Å². The van der Waals surface area contributed by atoms with Crippen LogP contribution in [-0.4, -0.2) is 21.4 Å². The standard InChI is InChI=1S/C10H20N4O/c1-4-15-7-10-13-12-9(5-11)14(10)6-8(2)3/h8H,4-7,11H2,1-3H3. The molecule has 5 heteroatoms. The Morgan fingerprint density at radius 3 is 2.53 bits per heavy atom. The third-order valence-corrected chi connectivity index (χ3v) is 2.07. The van der Waals surface area contributed by atoms with Crippen molar-refractivity contribution in [2.45, 2.75) is 40.5 Å². The van der Waals surface area contributed by atoms with E-state index in [4.69, 9.17) is 10.5 Å². The van der Waals surface area contributed by atoms with E-state index in [-0.39, 0.29) is 0 Å². The molecule has 0 saturated heterocycles. The molecule has 0 aliphatic carbocycles. The first kappa shape index (κ1) is 12.1. The molecule has 1 rings (SSSR count). The van der Waals surface area contributed by atoms with E-state index in [0.717, 1.165) is 18.2 Å². The lowest BCUT2D eigenvalue weighted by molar-refractivity contribution is 0.124. The molecule has 1 aromatic rings. The maximum atomic E-state index is 5.60. The average molecular weight is 212 g/mol. The lowest BCUT2D eigenvalue weighted by atomic mass is 10.2. The minimum absolute atomic E-state index is 0.422. The molecule has 2 N–H and O–H groups in total. The van der Waals surface area contributed by atoms with Crippen LogP contribution in [0.3, 0.4) is 0 Å². The molecule has 1 heterocycles. The van der Waals surface area contributed by atoms with Gasteiger partial charge in [-0.05, 0) is 12.8 Å². The van der Waals surface area contributed by atoms with Crippen LogP contribution in [0.5, 0.6) is 0 Å². The van der Waals surface area contributed by atoms with Gasteiger partial charge in [0.1, 0.15) is 12.4 Å². The van der Waals surface area contributed by atoms with Gasteiger partial charge in [-0.1, -0.05) is 13.8 Å². The van der Waals surface area contributed by atoms with Gasteiger partial charge < -0.3 is 15.0 Å². The molecule has 0 aliphatic rings. The molecule has 5 nitrogen and oxygen atoms in total. The molecule has 0 aromatic carbocycles. The topological polar surface area (TPSA) is 66.0 Å². The Hall–Kier alpha value is -0.940. The second kappa shape index (κ2) is 5.82. The minimum atomic E-state index is 0.422. The maximum absolute atomic E-state index is 5.60. The third-order valence-electron chi connectivity index (χ3n) is 2.07. The Bertz CT molecular complexity index is 296. The highest BCUT2D eigenvalue weighted by atomic mass is 16.5. The van der Waals surface area contributed by atoms with E-state index < -0.39 is 0 Å². The van der Waals surface area contributed by atoms with Crippen molar-refractivity contribution in [3.05, 3.63) is 11.6 Å². The summed E-state index contributed by atoms with van der Waals surface area (Å²) in [5.74, 6) is 2.25. The van der Waals surface area contributed by atoms with Crippen LogP contribution in [0.1, 0.15) is 32.4 Å². The van der Waals surface area contributed by atoms with Gasteiger partial charge in [-0.3, -0.25) is 0 Å². The van der Waals surface area contributed by atoms with Gasteiger partial charge in [-0.25, -0.2) is 0 Å². The quantitative estimate of drug-likeness (QED) is 0.761. The highest BCUT2D eigenvalue weighted by Crippen LogP contribution is 2.07. The number of hydrogen-bond donors (Lipinski definition) is 1. The van der Waals surface area contributed by atoms with Crippen LogP contribution in [-0.2, 0) is 24.4 Å². The van der Waals surface area contributed by atoms with E-state index in [1.165, 1.54) is 0 Å². The Labute approximate surface area is 90.6 Å². The van der Waals surface area contributed by atoms with Gasteiger partial charge in [0.15, 0.2) is 5.82 Å². The van der Waals surface area contributed by atoms with Crippen molar-refractivity contribution in [3.63, 3.8) is 0 Å². The lowest BCUT2D eigenvalue weighted by Crippen LogP contribution is -2.15. The van der Waals surface area contributed by atoms with Crippen molar-refractivity contribution in [3.8, 4) is 0 Å². The molecular formula is C10H20N4O. The Kier molecular flexibility index (Phi) is 4.71. The van der Waals surface area contributed by atoms with E-state index in [2.05, 4.69) is 28.6 Å². The van der Waals surface area contributed by atoms with Crippen LogP contribution in [0.15, 0.2) is 0 Å². The van der Waals surface area contributed by atoms with Gasteiger partial charge in [-0.15, -0.1) is 10.2 Å². The van der Waals surface area contributed by atoms with Crippen LogP contribution in [0, 0.1) is 5.92 Å². The second-order valence-corrected chi connectivity index (χ2v) is 3.88. The summed E-state index contributed by atoms with van der Waals surface area (Å²) in [4.78, 5) is 0. The van der Waals surface area contributed by atoms with Crippen molar-refractivity contribution < 1.29 is 4.74 Å². The van der Waals surface area contributed by atoms with Gasteiger partial charge in [0.25, 0.3) is 0 Å². The highest BCUT2D eigenvalue weighted by Gasteiger charge is 2.11. The number of aromatic nitrogens is 3. The SMILES string of the molecule is CCOCc1nnc(CN)n1CC(C)C. The zero-order chi connectivity index (χ0) is 11.3. The average Bonchev–Trinajstić information content (AvgIpc) is 2.57. The molecule has 0 aliphatic heterocycles. The number of nitrogens with two attached hydrogens (primary N) is 1. The molecule has 0 saturated carbocycles.